The number of hydrogen-bond acceptors (Lipinski definition) is 2. The van der Waals surface area contributed by atoms with Gasteiger partial charge in [-0.2, -0.15) is 0 Å². The molecule has 2 nitrogen and oxygen atoms in total. The molecule has 11 heavy (non-hydrogen) atoms. The summed E-state index contributed by atoms with van der Waals surface area (Å²) in [5, 5.41) is 12.1. The third-order valence-corrected chi connectivity index (χ3v) is 2.72. The van der Waals surface area contributed by atoms with Crippen LogP contribution in [0, 0.1) is 11.8 Å². The molecule has 0 amide bonds. The van der Waals surface area contributed by atoms with Gasteiger partial charge in [-0.1, -0.05) is 0 Å². The van der Waals surface area contributed by atoms with E-state index in [1.165, 1.54) is 25.7 Å². The number of aliphatic hydroxyl groups is 1. The molecule has 0 bridgehead atoms. The molecule has 1 aliphatic carbocycles. The minimum absolute atomic E-state index is 0.395. The fourth-order valence-electron chi connectivity index (χ4n) is 1.91. The van der Waals surface area contributed by atoms with Crippen LogP contribution in [0.25, 0.3) is 0 Å². The van der Waals surface area contributed by atoms with Gasteiger partial charge >= 0.3 is 0 Å². The molecular weight excluding hydrogens is 138 g/mol. The Hall–Kier alpha value is -0.0800. The molecule has 0 aromatic rings. The van der Waals surface area contributed by atoms with Gasteiger partial charge in [0.2, 0.25) is 0 Å². The zero-order valence-corrected chi connectivity index (χ0v) is 7.34. The molecule has 2 N–H and O–H groups in total. The Bertz CT molecular complexity index is 97.7. The van der Waals surface area contributed by atoms with Crippen LogP contribution in [0.2, 0.25) is 0 Å². The summed E-state index contributed by atoms with van der Waals surface area (Å²) < 4.78 is 0. The lowest BCUT2D eigenvalue weighted by molar-refractivity contribution is 0.167. The summed E-state index contributed by atoms with van der Waals surface area (Å²) in [5.74, 6) is 1.46. The van der Waals surface area contributed by atoms with E-state index in [0.29, 0.717) is 12.5 Å². The molecule has 0 aromatic heterocycles. The topological polar surface area (TPSA) is 32.3 Å². The Morgan fingerprint density at radius 2 is 1.73 bits per heavy atom. The van der Waals surface area contributed by atoms with Crippen molar-refractivity contribution in [3.8, 4) is 0 Å². The van der Waals surface area contributed by atoms with Gasteiger partial charge in [-0.25, -0.2) is 0 Å². The maximum atomic E-state index is 8.89. The van der Waals surface area contributed by atoms with Crippen LogP contribution in [0.5, 0.6) is 0 Å². The molecule has 0 saturated heterocycles. The summed E-state index contributed by atoms with van der Waals surface area (Å²) in [7, 11) is 2.01. The van der Waals surface area contributed by atoms with E-state index in [-0.39, 0.29) is 0 Å². The first kappa shape index (κ1) is 9.01. The summed E-state index contributed by atoms with van der Waals surface area (Å²) >= 11 is 0. The lowest BCUT2D eigenvalue weighted by Crippen LogP contribution is -2.24. The van der Waals surface area contributed by atoms with Gasteiger partial charge in [0.15, 0.2) is 0 Å². The normalized spacial score (nSPS) is 32.2. The Morgan fingerprint density at radius 1 is 1.18 bits per heavy atom. The van der Waals surface area contributed by atoms with Gasteiger partial charge in [0.05, 0.1) is 0 Å². The zero-order valence-electron chi connectivity index (χ0n) is 7.34. The molecule has 2 heteroatoms. The van der Waals surface area contributed by atoms with Crippen LogP contribution in [0.4, 0.5) is 0 Å². The highest BCUT2D eigenvalue weighted by Crippen LogP contribution is 2.27. The summed E-state index contributed by atoms with van der Waals surface area (Å²) in [5.41, 5.74) is 0. The fraction of sp³-hybridized carbons (Fsp3) is 1.00. The van der Waals surface area contributed by atoms with Crippen molar-refractivity contribution in [3.05, 3.63) is 0 Å². The Labute approximate surface area is 69.0 Å². The summed E-state index contributed by atoms with van der Waals surface area (Å²) in [6, 6.07) is 0. The van der Waals surface area contributed by atoms with E-state index in [1.54, 1.807) is 0 Å². The van der Waals surface area contributed by atoms with E-state index in [4.69, 9.17) is 5.11 Å². The smallest absolute Gasteiger partial charge is 0.0459 e. The van der Waals surface area contributed by atoms with E-state index in [2.05, 4.69) is 5.32 Å². The maximum Gasteiger partial charge on any atom is 0.0459 e. The molecule has 0 aliphatic heterocycles. The predicted octanol–water partition coefficient (Wildman–Crippen LogP) is 1.00. The van der Waals surface area contributed by atoms with E-state index >= 15 is 0 Å². The van der Waals surface area contributed by atoms with Crippen LogP contribution in [-0.4, -0.2) is 25.3 Å². The molecule has 1 saturated carbocycles. The largest absolute Gasteiger partial charge is 0.396 e. The highest BCUT2D eigenvalue weighted by molar-refractivity contribution is 4.72. The number of rotatable bonds is 3. The van der Waals surface area contributed by atoms with Crippen molar-refractivity contribution in [2.45, 2.75) is 25.7 Å². The lowest BCUT2D eigenvalue weighted by atomic mass is 9.82. The van der Waals surface area contributed by atoms with E-state index in [9.17, 15) is 0 Å². The minimum atomic E-state index is 0.395. The lowest BCUT2D eigenvalue weighted by Gasteiger charge is -2.26. The van der Waals surface area contributed by atoms with E-state index in [1.807, 2.05) is 7.05 Å². The first-order chi connectivity index (χ1) is 5.36. The molecule has 0 heterocycles. The Balaban J connectivity index is 2.14. The number of aliphatic hydroxyl groups excluding tert-OH is 1. The van der Waals surface area contributed by atoms with Gasteiger partial charge in [-0.15, -0.1) is 0 Å². The molecular formula is C9H19NO. The third-order valence-electron chi connectivity index (χ3n) is 2.72. The second-order valence-corrected chi connectivity index (χ2v) is 3.63. The van der Waals surface area contributed by atoms with Crippen molar-refractivity contribution in [3.63, 3.8) is 0 Å². The van der Waals surface area contributed by atoms with Gasteiger partial charge in [0, 0.05) is 6.61 Å². The summed E-state index contributed by atoms with van der Waals surface area (Å²) in [6.45, 7) is 1.55. The summed E-state index contributed by atoms with van der Waals surface area (Å²) in [6.07, 6.45) is 5.05. The Morgan fingerprint density at radius 3 is 2.18 bits per heavy atom. The van der Waals surface area contributed by atoms with Gasteiger partial charge in [-0.05, 0) is 51.1 Å². The SMILES string of the molecule is CNCC1CCC(CO)CC1. The van der Waals surface area contributed by atoms with Crippen LogP contribution in [0.1, 0.15) is 25.7 Å². The standard InChI is InChI=1S/C9H19NO/c1-10-6-8-2-4-9(7-11)5-3-8/h8-11H,2-7H2,1H3. The summed E-state index contributed by atoms with van der Waals surface area (Å²) in [4.78, 5) is 0. The molecule has 0 aromatic carbocycles. The van der Waals surface area contributed by atoms with Crippen LogP contribution < -0.4 is 5.32 Å². The molecule has 0 spiro atoms. The minimum Gasteiger partial charge on any atom is -0.396 e. The highest BCUT2D eigenvalue weighted by atomic mass is 16.3. The predicted molar refractivity (Wildman–Crippen MR) is 46.5 cm³/mol. The average Bonchev–Trinajstić information content (AvgIpc) is 2.07. The first-order valence-corrected chi connectivity index (χ1v) is 4.62. The first-order valence-electron chi connectivity index (χ1n) is 4.62. The number of nitrogens with one attached hydrogen (secondary N) is 1. The van der Waals surface area contributed by atoms with Gasteiger partial charge in [-0.3, -0.25) is 0 Å². The van der Waals surface area contributed by atoms with Crippen molar-refractivity contribution in [2.75, 3.05) is 20.2 Å². The Kier molecular flexibility index (Phi) is 3.87. The third kappa shape index (κ3) is 2.80. The fourth-order valence-corrected chi connectivity index (χ4v) is 1.91. The number of hydrogen-bond donors (Lipinski definition) is 2. The molecule has 1 fully saturated rings. The van der Waals surface area contributed by atoms with Crippen LogP contribution in [-0.2, 0) is 0 Å². The second kappa shape index (κ2) is 4.73. The highest BCUT2D eigenvalue weighted by Gasteiger charge is 2.19. The molecule has 66 valence electrons. The van der Waals surface area contributed by atoms with Crippen LogP contribution in [0.3, 0.4) is 0 Å². The van der Waals surface area contributed by atoms with Gasteiger partial charge in [0.25, 0.3) is 0 Å². The van der Waals surface area contributed by atoms with Crippen molar-refractivity contribution >= 4 is 0 Å². The van der Waals surface area contributed by atoms with E-state index in [0.717, 1.165) is 12.5 Å². The van der Waals surface area contributed by atoms with Gasteiger partial charge < -0.3 is 10.4 Å². The molecule has 1 aliphatic rings. The molecule has 0 atom stereocenters. The monoisotopic (exact) mass is 157 g/mol. The van der Waals surface area contributed by atoms with Crippen molar-refractivity contribution in [1.29, 1.82) is 0 Å². The molecule has 0 radical (unpaired) electrons. The molecule has 1 rings (SSSR count). The van der Waals surface area contributed by atoms with Crippen LogP contribution in [0.15, 0.2) is 0 Å². The quantitative estimate of drug-likeness (QED) is 0.640. The van der Waals surface area contributed by atoms with Crippen molar-refractivity contribution in [2.24, 2.45) is 11.8 Å². The average molecular weight is 157 g/mol. The molecule has 0 unspecified atom stereocenters. The van der Waals surface area contributed by atoms with E-state index < -0.39 is 0 Å². The van der Waals surface area contributed by atoms with Crippen molar-refractivity contribution < 1.29 is 5.11 Å². The maximum absolute atomic E-state index is 8.89. The van der Waals surface area contributed by atoms with Gasteiger partial charge in [0.1, 0.15) is 0 Å². The second-order valence-electron chi connectivity index (χ2n) is 3.63. The van der Waals surface area contributed by atoms with Crippen LogP contribution >= 0.6 is 0 Å². The zero-order chi connectivity index (χ0) is 8.10. The van der Waals surface area contributed by atoms with Crippen molar-refractivity contribution in [1.82, 2.24) is 5.32 Å².